The topological polar surface area (TPSA) is 16.1 Å². The van der Waals surface area contributed by atoms with Gasteiger partial charge in [0.05, 0.1) is 0 Å². The maximum absolute atomic E-state index is 4.56. The van der Waals surface area contributed by atoms with Gasteiger partial charge in [0, 0.05) is 29.4 Å². The minimum Gasteiger partial charge on any atom is -0.355 e. The van der Waals surface area contributed by atoms with E-state index in [1.807, 2.05) is 24.0 Å². The van der Waals surface area contributed by atoms with Gasteiger partial charge in [0.2, 0.25) is 0 Å². The summed E-state index contributed by atoms with van der Waals surface area (Å²) in [5.74, 6) is 1.01. The molecule has 0 aliphatic heterocycles. The van der Waals surface area contributed by atoms with Gasteiger partial charge >= 0.3 is 0 Å². The summed E-state index contributed by atoms with van der Waals surface area (Å²) in [4.78, 5) is 7.95. The largest absolute Gasteiger partial charge is 0.355 e. The van der Waals surface area contributed by atoms with Crippen LogP contribution >= 0.6 is 11.8 Å². The molecular weight excluding hydrogens is 264 g/mol. The number of hydrogen-bond donors (Lipinski definition) is 0. The molecule has 1 aromatic carbocycles. The van der Waals surface area contributed by atoms with E-state index in [-0.39, 0.29) is 4.75 Å². The second-order valence-electron chi connectivity index (χ2n) is 5.91. The quantitative estimate of drug-likeness (QED) is 0.764. The molecular formula is C17H22N2S. The van der Waals surface area contributed by atoms with E-state index in [0.29, 0.717) is 0 Å². The normalized spacial score (nSPS) is 11.4. The van der Waals surface area contributed by atoms with Gasteiger partial charge in [-0.2, -0.15) is 0 Å². The van der Waals surface area contributed by atoms with E-state index < -0.39 is 0 Å². The zero-order valence-electron chi connectivity index (χ0n) is 12.6. The van der Waals surface area contributed by atoms with Crippen molar-refractivity contribution < 1.29 is 0 Å². The van der Waals surface area contributed by atoms with Crippen LogP contribution < -0.4 is 4.90 Å². The number of hydrogen-bond acceptors (Lipinski definition) is 3. The van der Waals surface area contributed by atoms with E-state index in [1.54, 1.807) is 0 Å². The molecule has 0 aliphatic carbocycles. The Morgan fingerprint density at radius 3 is 2.30 bits per heavy atom. The molecule has 0 N–H and O–H groups in total. The molecule has 3 heteroatoms. The highest BCUT2D eigenvalue weighted by atomic mass is 32.2. The van der Waals surface area contributed by atoms with Crippen LogP contribution in [0.1, 0.15) is 26.3 Å². The van der Waals surface area contributed by atoms with E-state index in [9.17, 15) is 0 Å². The lowest BCUT2D eigenvalue weighted by molar-refractivity contribution is 0.802. The predicted octanol–water partition coefficient (Wildman–Crippen LogP) is 4.61. The monoisotopic (exact) mass is 286 g/mol. The van der Waals surface area contributed by atoms with Gasteiger partial charge in [-0.1, -0.05) is 51.1 Å². The highest BCUT2D eigenvalue weighted by Gasteiger charge is 2.12. The molecule has 2 nitrogen and oxygen atoms in total. The third kappa shape index (κ3) is 4.57. The molecule has 1 aromatic heterocycles. The Morgan fingerprint density at radius 2 is 1.75 bits per heavy atom. The number of thioether (sulfide) groups is 1. The van der Waals surface area contributed by atoms with Gasteiger partial charge in [-0.05, 0) is 17.7 Å². The number of pyridine rings is 1. The van der Waals surface area contributed by atoms with E-state index in [0.717, 1.165) is 12.4 Å². The van der Waals surface area contributed by atoms with Crippen LogP contribution in [0.15, 0.2) is 53.6 Å². The number of benzene rings is 1. The zero-order valence-corrected chi connectivity index (χ0v) is 13.4. The number of anilines is 1. The fourth-order valence-corrected chi connectivity index (χ4v) is 2.90. The zero-order chi connectivity index (χ0) is 14.6. The second kappa shape index (κ2) is 6.31. The van der Waals surface area contributed by atoms with Gasteiger partial charge in [0.1, 0.15) is 5.82 Å². The lowest BCUT2D eigenvalue weighted by Gasteiger charge is -2.20. The molecule has 0 aliphatic rings. The van der Waals surface area contributed by atoms with E-state index in [4.69, 9.17) is 0 Å². The Hall–Kier alpha value is -1.48. The molecule has 0 spiro atoms. The van der Waals surface area contributed by atoms with Gasteiger partial charge in [-0.3, -0.25) is 0 Å². The van der Waals surface area contributed by atoms with Gasteiger partial charge < -0.3 is 4.90 Å². The average molecular weight is 286 g/mol. The molecule has 0 saturated heterocycles. The third-order valence-corrected chi connectivity index (χ3v) is 3.89. The fourth-order valence-electron chi connectivity index (χ4n) is 1.95. The van der Waals surface area contributed by atoms with Crippen molar-refractivity contribution in [1.82, 2.24) is 4.98 Å². The fraction of sp³-hybridized carbons (Fsp3) is 0.353. The molecule has 0 amide bonds. The first-order valence-corrected chi connectivity index (χ1v) is 7.66. The molecule has 0 atom stereocenters. The lowest BCUT2D eigenvalue weighted by atomic mass is 10.2. The molecule has 0 saturated carbocycles. The van der Waals surface area contributed by atoms with Crippen molar-refractivity contribution in [2.24, 2.45) is 0 Å². The van der Waals surface area contributed by atoms with Crippen molar-refractivity contribution in [3.8, 4) is 0 Å². The minimum absolute atomic E-state index is 0.221. The average Bonchev–Trinajstić information content (AvgIpc) is 2.39. The number of nitrogens with zero attached hydrogens (tertiary/aromatic N) is 2. The van der Waals surface area contributed by atoms with Crippen LogP contribution in [0.25, 0.3) is 0 Å². The summed E-state index contributed by atoms with van der Waals surface area (Å²) in [6.07, 6.45) is 1.97. The molecule has 20 heavy (non-hydrogen) atoms. The molecule has 1 heterocycles. The molecule has 0 unspecified atom stereocenters. The first-order valence-electron chi connectivity index (χ1n) is 6.84. The van der Waals surface area contributed by atoms with Crippen molar-refractivity contribution in [2.45, 2.75) is 37.0 Å². The molecule has 2 rings (SSSR count). The Labute approximate surface area is 126 Å². The van der Waals surface area contributed by atoms with Crippen LogP contribution in [0.3, 0.4) is 0 Å². The molecule has 0 bridgehead atoms. The summed E-state index contributed by atoms with van der Waals surface area (Å²) < 4.78 is 0.221. The first kappa shape index (κ1) is 14.9. The summed E-state index contributed by atoms with van der Waals surface area (Å²) in [7, 11) is 2.08. The SMILES string of the molecule is CN(Cc1ccccc1)c1ccc(SC(C)(C)C)cn1. The van der Waals surface area contributed by atoms with Crippen LogP contribution in [-0.4, -0.2) is 16.8 Å². The maximum Gasteiger partial charge on any atom is 0.128 e. The highest BCUT2D eigenvalue weighted by Crippen LogP contribution is 2.31. The summed E-state index contributed by atoms with van der Waals surface area (Å²) in [5, 5.41) is 0. The van der Waals surface area contributed by atoms with Crippen LogP contribution in [0, 0.1) is 0 Å². The summed E-state index contributed by atoms with van der Waals surface area (Å²) in [6, 6.07) is 14.7. The Bertz CT molecular complexity index is 529. The predicted molar refractivity (Wildman–Crippen MR) is 88.4 cm³/mol. The summed E-state index contributed by atoms with van der Waals surface area (Å²) in [5.41, 5.74) is 1.30. The van der Waals surface area contributed by atoms with E-state index >= 15 is 0 Å². The second-order valence-corrected chi connectivity index (χ2v) is 7.81. The van der Waals surface area contributed by atoms with Gasteiger partial charge in [0.25, 0.3) is 0 Å². The van der Waals surface area contributed by atoms with Crippen molar-refractivity contribution in [2.75, 3.05) is 11.9 Å². The number of rotatable bonds is 4. The van der Waals surface area contributed by atoms with Crippen molar-refractivity contribution in [1.29, 1.82) is 0 Å². The molecule has 0 fully saturated rings. The van der Waals surface area contributed by atoms with Crippen LogP contribution in [0.5, 0.6) is 0 Å². The first-order chi connectivity index (χ1) is 9.44. The Morgan fingerprint density at radius 1 is 1.05 bits per heavy atom. The van der Waals surface area contributed by atoms with Crippen molar-refractivity contribution in [3.63, 3.8) is 0 Å². The maximum atomic E-state index is 4.56. The Kier molecular flexibility index (Phi) is 4.71. The van der Waals surface area contributed by atoms with Crippen molar-refractivity contribution >= 4 is 17.6 Å². The van der Waals surface area contributed by atoms with Gasteiger partial charge in [-0.25, -0.2) is 4.98 Å². The third-order valence-electron chi connectivity index (χ3n) is 2.80. The van der Waals surface area contributed by atoms with Crippen LogP contribution in [-0.2, 0) is 6.54 Å². The van der Waals surface area contributed by atoms with Gasteiger partial charge in [-0.15, -0.1) is 11.8 Å². The number of aromatic nitrogens is 1. The van der Waals surface area contributed by atoms with Crippen LogP contribution in [0.4, 0.5) is 5.82 Å². The van der Waals surface area contributed by atoms with E-state index in [1.165, 1.54) is 10.5 Å². The highest BCUT2D eigenvalue weighted by molar-refractivity contribution is 8.00. The van der Waals surface area contributed by atoms with Gasteiger partial charge in [0.15, 0.2) is 0 Å². The van der Waals surface area contributed by atoms with Crippen molar-refractivity contribution in [3.05, 3.63) is 54.2 Å². The summed E-state index contributed by atoms with van der Waals surface area (Å²) >= 11 is 1.84. The smallest absolute Gasteiger partial charge is 0.128 e. The standard InChI is InChI=1S/C17H22N2S/c1-17(2,3)20-15-10-11-16(18-12-15)19(4)13-14-8-6-5-7-9-14/h5-12H,13H2,1-4H3. The minimum atomic E-state index is 0.221. The molecule has 106 valence electrons. The Balaban J connectivity index is 2.02. The summed E-state index contributed by atoms with van der Waals surface area (Å²) in [6.45, 7) is 7.52. The van der Waals surface area contributed by atoms with Crippen LogP contribution in [0.2, 0.25) is 0 Å². The lowest BCUT2D eigenvalue weighted by Crippen LogP contribution is -2.17. The van der Waals surface area contributed by atoms with E-state index in [2.05, 4.69) is 74.1 Å². The molecule has 2 aromatic rings. The molecule has 0 radical (unpaired) electrons.